The molecule has 3 aromatic rings. The van der Waals surface area contributed by atoms with Gasteiger partial charge in [-0.05, 0) is 51.1 Å². The molecule has 0 atom stereocenters. The van der Waals surface area contributed by atoms with Gasteiger partial charge in [-0.2, -0.15) is 4.98 Å². The molecule has 0 saturated carbocycles. The van der Waals surface area contributed by atoms with Crippen LogP contribution in [0.25, 0.3) is 0 Å². The summed E-state index contributed by atoms with van der Waals surface area (Å²) in [6, 6.07) is 13.8. The second-order valence-corrected chi connectivity index (χ2v) is 6.67. The maximum Gasteiger partial charge on any atom is 0.229 e. The average molecular weight is 387 g/mol. The highest BCUT2D eigenvalue weighted by atomic mass is 35.5. The molecule has 0 spiro atoms. The van der Waals surface area contributed by atoms with E-state index in [9.17, 15) is 4.39 Å². The number of rotatable bonds is 6. The number of nitrogens with one attached hydrogen (secondary N) is 2. The van der Waals surface area contributed by atoms with Crippen LogP contribution in [-0.4, -0.2) is 16.1 Å². The van der Waals surface area contributed by atoms with Crippen molar-refractivity contribution in [1.82, 2.24) is 9.97 Å². The lowest BCUT2D eigenvalue weighted by atomic mass is 10.3. The van der Waals surface area contributed by atoms with Gasteiger partial charge in [0.15, 0.2) is 0 Å². The number of aryl methyl sites for hydroxylation is 1. The highest BCUT2D eigenvalue weighted by Gasteiger charge is 2.09. The lowest BCUT2D eigenvalue weighted by molar-refractivity contribution is 0.244. The molecule has 0 saturated heterocycles. The number of aromatic nitrogens is 2. The molecule has 27 heavy (non-hydrogen) atoms. The van der Waals surface area contributed by atoms with Crippen LogP contribution in [0.3, 0.4) is 0 Å². The highest BCUT2D eigenvalue weighted by Crippen LogP contribution is 2.28. The van der Waals surface area contributed by atoms with Gasteiger partial charge in [0.1, 0.15) is 17.4 Å². The first kappa shape index (κ1) is 18.9. The van der Waals surface area contributed by atoms with Gasteiger partial charge >= 0.3 is 0 Å². The molecule has 2 aromatic carbocycles. The summed E-state index contributed by atoms with van der Waals surface area (Å²) in [5.41, 5.74) is 2.17. The first-order chi connectivity index (χ1) is 12.9. The standard InChI is InChI=1S/C20H20ClFN4O/c1-12(2)27-18-7-5-4-6-17(18)25-20-23-13(3)10-19(26-20)24-14-8-9-16(22)15(21)11-14/h4-12H,1-3H3,(H2,23,24,25,26). The van der Waals surface area contributed by atoms with Gasteiger partial charge in [-0.25, -0.2) is 9.37 Å². The molecule has 5 nitrogen and oxygen atoms in total. The van der Waals surface area contributed by atoms with Crippen molar-refractivity contribution in [3.63, 3.8) is 0 Å². The number of anilines is 4. The van der Waals surface area contributed by atoms with Crippen LogP contribution in [0.1, 0.15) is 19.5 Å². The summed E-state index contributed by atoms with van der Waals surface area (Å²) >= 11 is 5.83. The fraction of sp³-hybridized carbons (Fsp3) is 0.200. The zero-order valence-electron chi connectivity index (χ0n) is 15.3. The molecule has 0 unspecified atom stereocenters. The van der Waals surface area contributed by atoms with Crippen LogP contribution >= 0.6 is 11.6 Å². The Labute approximate surface area is 162 Å². The minimum Gasteiger partial charge on any atom is -0.489 e. The number of para-hydroxylation sites is 2. The van der Waals surface area contributed by atoms with Crippen LogP contribution in [-0.2, 0) is 0 Å². The largest absolute Gasteiger partial charge is 0.489 e. The number of nitrogens with zero attached hydrogens (tertiary/aromatic N) is 2. The Morgan fingerprint density at radius 2 is 1.81 bits per heavy atom. The molecule has 7 heteroatoms. The molecule has 0 aliphatic carbocycles. The van der Waals surface area contributed by atoms with E-state index in [0.717, 1.165) is 17.1 Å². The van der Waals surface area contributed by atoms with Gasteiger partial charge in [-0.3, -0.25) is 0 Å². The fourth-order valence-electron chi connectivity index (χ4n) is 2.46. The molecule has 0 radical (unpaired) electrons. The van der Waals surface area contributed by atoms with Gasteiger partial charge in [-0.15, -0.1) is 0 Å². The van der Waals surface area contributed by atoms with E-state index in [4.69, 9.17) is 16.3 Å². The molecule has 140 valence electrons. The average Bonchev–Trinajstić information content (AvgIpc) is 2.59. The van der Waals surface area contributed by atoms with Gasteiger partial charge < -0.3 is 15.4 Å². The molecule has 0 fully saturated rings. The van der Waals surface area contributed by atoms with Crippen LogP contribution in [0.15, 0.2) is 48.5 Å². The van der Waals surface area contributed by atoms with Crippen molar-refractivity contribution in [2.24, 2.45) is 0 Å². The van der Waals surface area contributed by atoms with Crippen LogP contribution in [0, 0.1) is 12.7 Å². The van der Waals surface area contributed by atoms with E-state index < -0.39 is 5.82 Å². The number of benzene rings is 2. The minimum absolute atomic E-state index is 0.0453. The normalized spacial score (nSPS) is 10.7. The number of hydrogen-bond acceptors (Lipinski definition) is 5. The van der Waals surface area contributed by atoms with E-state index >= 15 is 0 Å². The van der Waals surface area contributed by atoms with E-state index in [2.05, 4.69) is 20.6 Å². The molecule has 0 amide bonds. The summed E-state index contributed by atoms with van der Waals surface area (Å²) < 4.78 is 19.1. The number of halogens is 2. The van der Waals surface area contributed by atoms with E-state index in [1.807, 2.05) is 45.0 Å². The van der Waals surface area contributed by atoms with Crippen molar-refractivity contribution in [2.45, 2.75) is 26.9 Å². The summed E-state index contributed by atoms with van der Waals surface area (Å²) in [6.45, 7) is 5.80. The van der Waals surface area contributed by atoms with Gasteiger partial charge in [0, 0.05) is 17.4 Å². The van der Waals surface area contributed by atoms with Gasteiger partial charge in [0.25, 0.3) is 0 Å². The van der Waals surface area contributed by atoms with E-state index in [1.165, 1.54) is 12.1 Å². The van der Waals surface area contributed by atoms with Gasteiger partial charge in [-0.1, -0.05) is 23.7 Å². The Morgan fingerprint density at radius 1 is 1.04 bits per heavy atom. The summed E-state index contributed by atoms with van der Waals surface area (Å²) in [5.74, 6) is 1.24. The molecule has 2 N–H and O–H groups in total. The third-order valence-corrected chi connectivity index (χ3v) is 3.83. The van der Waals surface area contributed by atoms with Crippen molar-refractivity contribution < 1.29 is 9.13 Å². The maximum atomic E-state index is 13.3. The van der Waals surface area contributed by atoms with E-state index in [1.54, 1.807) is 12.1 Å². The maximum absolute atomic E-state index is 13.3. The van der Waals surface area contributed by atoms with Crippen LogP contribution < -0.4 is 15.4 Å². The summed E-state index contributed by atoms with van der Waals surface area (Å²) in [4.78, 5) is 8.89. The van der Waals surface area contributed by atoms with E-state index in [-0.39, 0.29) is 11.1 Å². The molecule has 0 aliphatic heterocycles. The molecule has 3 rings (SSSR count). The Morgan fingerprint density at radius 3 is 2.56 bits per heavy atom. The first-order valence-corrected chi connectivity index (χ1v) is 8.89. The predicted molar refractivity (Wildman–Crippen MR) is 107 cm³/mol. The van der Waals surface area contributed by atoms with Crippen LogP contribution in [0.2, 0.25) is 5.02 Å². The third-order valence-electron chi connectivity index (χ3n) is 3.54. The van der Waals surface area contributed by atoms with E-state index in [0.29, 0.717) is 17.5 Å². The zero-order chi connectivity index (χ0) is 19.4. The van der Waals surface area contributed by atoms with Crippen molar-refractivity contribution >= 4 is 34.7 Å². The summed E-state index contributed by atoms with van der Waals surface area (Å²) in [7, 11) is 0. The molecule has 1 aromatic heterocycles. The van der Waals surface area contributed by atoms with Gasteiger partial charge in [0.2, 0.25) is 5.95 Å². The molecular weight excluding hydrogens is 367 g/mol. The SMILES string of the molecule is Cc1cc(Nc2ccc(F)c(Cl)c2)nc(Nc2ccccc2OC(C)C)n1. The Balaban J connectivity index is 1.84. The fourth-order valence-corrected chi connectivity index (χ4v) is 2.64. The van der Waals surface area contributed by atoms with Crippen molar-refractivity contribution in [3.05, 3.63) is 65.1 Å². The number of ether oxygens (including phenoxy) is 1. The quantitative estimate of drug-likeness (QED) is 0.556. The summed E-state index contributed by atoms with van der Waals surface area (Å²) in [5, 5.41) is 6.35. The van der Waals surface area contributed by atoms with Crippen LogP contribution in [0.5, 0.6) is 5.75 Å². The molecule has 0 bridgehead atoms. The monoisotopic (exact) mass is 386 g/mol. The lowest BCUT2D eigenvalue weighted by Gasteiger charge is -2.15. The molecular formula is C20H20ClFN4O. The second-order valence-electron chi connectivity index (χ2n) is 6.26. The first-order valence-electron chi connectivity index (χ1n) is 8.51. The molecule has 0 aliphatic rings. The molecule has 1 heterocycles. The van der Waals surface area contributed by atoms with Crippen LogP contribution in [0.4, 0.5) is 27.5 Å². The van der Waals surface area contributed by atoms with Crippen molar-refractivity contribution in [2.75, 3.05) is 10.6 Å². The summed E-state index contributed by atoms with van der Waals surface area (Å²) in [6.07, 6.45) is 0.0480. The zero-order valence-corrected chi connectivity index (χ0v) is 16.0. The highest BCUT2D eigenvalue weighted by molar-refractivity contribution is 6.31. The van der Waals surface area contributed by atoms with Crippen molar-refractivity contribution in [3.8, 4) is 5.75 Å². The predicted octanol–water partition coefficient (Wildman–Crippen LogP) is 5.85. The Kier molecular flexibility index (Phi) is 5.76. The van der Waals surface area contributed by atoms with Gasteiger partial charge in [0.05, 0.1) is 16.8 Å². The Hall–Kier alpha value is -2.86. The van der Waals surface area contributed by atoms with Crippen molar-refractivity contribution in [1.29, 1.82) is 0 Å². The topological polar surface area (TPSA) is 59.1 Å². The number of hydrogen-bond donors (Lipinski definition) is 2. The third kappa shape index (κ3) is 5.08. The lowest BCUT2D eigenvalue weighted by Crippen LogP contribution is -2.08. The second kappa shape index (κ2) is 8.22. The Bertz CT molecular complexity index is 949. The smallest absolute Gasteiger partial charge is 0.229 e. The minimum atomic E-state index is -0.467.